The Kier molecular flexibility index (Phi) is 3.66. The van der Waals surface area contributed by atoms with E-state index < -0.39 is 0 Å². The highest BCUT2D eigenvalue weighted by Crippen LogP contribution is 2.52. The Balaban J connectivity index is 1.76. The molecule has 2 aliphatic rings. The van der Waals surface area contributed by atoms with Crippen molar-refractivity contribution in [1.29, 1.82) is 0 Å². The molecule has 0 saturated heterocycles. The first-order valence-electron chi connectivity index (χ1n) is 8.39. The van der Waals surface area contributed by atoms with Gasteiger partial charge in [-0.1, -0.05) is 60.1 Å². The summed E-state index contributed by atoms with van der Waals surface area (Å²) in [4.78, 5) is 14.4. The van der Waals surface area contributed by atoms with Crippen molar-refractivity contribution >= 4 is 40.5 Å². The smallest absolute Gasteiger partial charge is 0.193 e. The highest BCUT2D eigenvalue weighted by Gasteiger charge is 2.38. The van der Waals surface area contributed by atoms with E-state index >= 15 is 0 Å². The maximum atomic E-state index is 13.3. The highest BCUT2D eigenvalue weighted by molar-refractivity contribution is 8.00. The Morgan fingerprint density at radius 1 is 0.885 bits per heavy atom. The van der Waals surface area contributed by atoms with Crippen LogP contribution >= 0.6 is 23.4 Å². The van der Waals surface area contributed by atoms with Gasteiger partial charge < -0.3 is 5.32 Å². The number of anilines is 1. The molecule has 0 radical (unpaired) electrons. The van der Waals surface area contributed by atoms with Crippen LogP contribution < -0.4 is 5.32 Å². The van der Waals surface area contributed by atoms with E-state index in [-0.39, 0.29) is 11.0 Å². The molecular weight excluding hydrogens is 362 g/mol. The third-order valence-corrected chi connectivity index (χ3v) is 6.35. The number of rotatable bonds is 1. The van der Waals surface area contributed by atoms with Crippen LogP contribution in [0.25, 0.3) is 5.70 Å². The molecule has 1 heterocycles. The molecule has 3 aromatic rings. The van der Waals surface area contributed by atoms with Gasteiger partial charge in [0.25, 0.3) is 0 Å². The lowest BCUT2D eigenvalue weighted by Gasteiger charge is -2.17. The van der Waals surface area contributed by atoms with Gasteiger partial charge in [-0.2, -0.15) is 0 Å². The van der Waals surface area contributed by atoms with E-state index in [9.17, 15) is 4.79 Å². The standard InChI is InChI=1S/C22H14ClNOS/c23-14-7-5-6-13(12-14)22-19-20(15-8-1-2-9-16(15)21(19)25)24-17-10-3-4-11-18(17)26-22/h1-12,22,24H/t22-/m1/s1. The van der Waals surface area contributed by atoms with Crippen LogP contribution in [0.2, 0.25) is 5.02 Å². The first kappa shape index (κ1) is 15.7. The zero-order valence-electron chi connectivity index (χ0n) is 13.7. The van der Waals surface area contributed by atoms with Crippen molar-refractivity contribution in [1.82, 2.24) is 0 Å². The van der Waals surface area contributed by atoms with Crippen molar-refractivity contribution in [2.75, 3.05) is 5.32 Å². The summed E-state index contributed by atoms with van der Waals surface area (Å²) in [6.45, 7) is 0. The molecule has 0 saturated carbocycles. The maximum Gasteiger partial charge on any atom is 0.193 e. The Morgan fingerprint density at radius 2 is 1.65 bits per heavy atom. The first-order valence-corrected chi connectivity index (χ1v) is 9.64. The Bertz CT molecular complexity index is 1090. The molecule has 0 spiro atoms. The number of para-hydroxylation sites is 1. The van der Waals surface area contributed by atoms with Crippen LogP contribution in [0.5, 0.6) is 0 Å². The first-order chi connectivity index (χ1) is 12.7. The summed E-state index contributed by atoms with van der Waals surface area (Å²) in [5.74, 6) is 0.0911. The number of Topliss-reactive ketones (excluding diaryl/α,β-unsaturated/α-hetero) is 1. The lowest BCUT2D eigenvalue weighted by molar-refractivity contribution is 0.103. The van der Waals surface area contributed by atoms with Gasteiger partial charge in [-0.25, -0.2) is 0 Å². The minimum atomic E-state index is -0.111. The van der Waals surface area contributed by atoms with Gasteiger partial charge in [0.05, 0.1) is 16.6 Å². The van der Waals surface area contributed by atoms with Gasteiger partial charge in [0.1, 0.15) is 0 Å². The molecule has 0 amide bonds. The predicted octanol–water partition coefficient (Wildman–Crippen LogP) is 6.21. The van der Waals surface area contributed by atoms with Crippen molar-refractivity contribution in [2.45, 2.75) is 10.1 Å². The Hall–Kier alpha value is -2.49. The maximum absolute atomic E-state index is 13.3. The monoisotopic (exact) mass is 375 g/mol. The Labute approximate surface area is 160 Å². The van der Waals surface area contributed by atoms with Crippen LogP contribution in [0.1, 0.15) is 26.7 Å². The van der Waals surface area contributed by atoms with E-state index in [0.717, 1.165) is 38.5 Å². The van der Waals surface area contributed by atoms with Crippen molar-refractivity contribution in [3.63, 3.8) is 0 Å². The topological polar surface area (TPSA) is 29.1 Å². The summed E-state index contributed by atoms with van der Waals surface area (Å²) < 4.78 is 0. The number of hydrogen-bond donors (Lipinski definition) is 1. The van der Waals surface area contributed by atoms with Gasteiger partial charge in [-0.05, 0) is 29.8 Å². The van der Waals surface area contributed by atoms with E-state index in [2.05, 4.69) is 17.4 Å². The highest BCUT2D eigenvalue weighted by atomic mass is 35.5. The Morgan fingerprint density at radius 3 is 2.50 bits per heavy atom. The van der Waals surface area contributed by atoms with Crippen LogP contribution in [0.4, 0.5) is 5.69 Å². The van der Waals surface area contributed by atoms with E-state index in [4.69, 9.17) is 11.6 Å². The molecule has 0 unspecified atom stereocenters. The molecule has 0 fully saturated rings. The third-order valence-electron chi connectivity index (χ3n) is 4.76. The van der Waals surface area contributed by atoms with Crippen LogP contribution in [0, 0.1) is 0 Å². The number of halogens is 1. The summed E-state index contributed by atoms with van der Waals surface area (Å²) in [5, 5.41) is 4.10. The van der Waals surface area contributed by atoms with Gasteiger partial charge >= 0.3 is 0 Å². The SMILES string of the molecule is O=C1C2=C(Nc3ccccc3S[C@@H]2c2cccc(Cl)c2)c2ccccc21. The fourth-order valence-electron chi connectivity index (χ4n) is 3.59. The quantitative estimate of drug-likeness (QED) is 0.548. The fraction of sp³-hybridized carbons (Fsp3) is 0.0455. The molecule has 0 bridgehead atoms. The van der Waals surface area contributed by atoms with E-state index in [1.165, 1.54) is 0 Å². The number of nitrogens with one attached hydrogen (secondary N) is 1. The summed E-state index contributed by atoms with van der Waals surface area (Å²) in [6.07, 6.45) is 0. The van der Waals surface area contributed by atoms with Crippen LogP contribution in [0.15, 0.2) is 83.3 Å². The molecule has 2 nitrogen and oxygen atoms in total. The van der Waals surface area contributed by atoms with Gasteiger partial charge in [-0.3, -0.25) is 4.79 Å². The van der Waals surface area contributed by atoms with Crippen molar-refractivity contribution in [2.24, 2.45) is 0 Å². The van der Waals surface area contributed by atoms with Gasteiger partial charge in [0.15, 0.2) is 5.78 Å². The average Bonchev–Trinajstić information content (AvgIpc) is 2.83. The van der Waals surface area contributed by atoms with Crippen molar-refractivity contribution in [3.8, 4) is 0 Å². The number of benzene rings is 3. The second-order valence-electron chi connectivity index (χ2n) is 6.34. The number of thioether (sulfide) groups is 1. The lowest BCUT2D eigenvalue weighted by Crippen LogP contribution is -2.07. The van der Waals surface area contributed by atoms with Crippen molar-refractivity contribution in [3.05, 3.63) is 100 Å². The zero-order valence-corrected chi connectivity index (χ0v) is 15.3. The molecule has 1 N–H and O–H groups in total. The number of ketones is 1. The van der Waals surface area contributed by atoms with E-state index in [0.29, 0.717) is 5.02 Å². The fourth-order valence-corrected chi connectivity index (χ4v) is 5.07. The minimum absolute atomic E-state index is 0.0911. The number of fused-ring (bicyclic) bond motifs is 3. The summed E-state index contributed by atoms with van der Waals surface area (Å²) >= 11 is 7.94. The summed E-state index contributed by atoms with van der Waals surface area (Å²) in [7, 11) is 0. The summed E-state index contributed by atoms with van der Waals surface area (Å²) in [6, 6.07) is 23.8. The molecule has 1 atom stereocenters. The molecule has 1 aliphatic heterocycles. The second-order valence-corrected chi connectivity index (χ2v) is 7.92. The second kappa shape index (κ2) is 6.04. The largest absolute Gasteiger partial charge is 0.354 e. The number of carbonyl (C=O) groups is 1. The molecule has 0 aromatic heterocycles. The van der Waals surface area contributed by atoms with Gasteiger partial charge in [0, 0.05) is 26.6 Å². The molecule has 1 aliphatic carbocycles. The number of carbonyl (C=O) groups excluding carboxylic acids is 1. The molecule has 5 rings (SSSR count). The molecule has 4 heteroatoms. The van der Waals surface area contributed by atoms with Crippen LogP contribution in [-0.4, -0.2) is 5.78 Å². The molecular formula is C22H14ClNOS. The third kappa shape index (κ3) is 2.39. The van der Waals surface area contributed by atoms with Crippen LogP contribution in [-0.2, 0) is 0 Å². The predicted molar refractivity (Wildman–Crippen MR) is 108 cm³/mol. The van der Waals surface area contributed by atoms with Crippen LogP contribution in [0.3, 0.4) is 0 Å². The normalized spacial score (nSPS) is 17.9. The van der Waals surface area contributed by atoms with E-state index in [1.54, 1.807) is 11.8 Å². The van der Waals surface area contributed by atoms with Gasteiger partial charge in [-0.15, -0.1) is 11.8 Å². The van der Waals surface area contributed by atoms with Gasteiger partial charge in [0.2, 0.25) is 0 Å². The van der Waals surface area contributed by atoms with E-state index in [1.807, 2.05) is 60.7 Å². The average molecular weight is 376 g/mol. The molecule has 126 valence electrons. The molecule has 3 aromatic carbocycles. The van der Waals surface area contributed by atoms with Crippen molar-refractivity contribution < 1.29 is 4.79 Å². The summed E-state index contributed by atoms with van der Waals surface area (Å²) in [5.41, 5.74) is 5.50. The zero-order chi connectivity index (χ0) is 17.7. The number of hydrogen-bond acceptors (Lipinski definition) is 3. The lowest BCUT2D eigenvalue weighted by atomic mass is 10.0. The molecule has 26 heavy (non-hydrogen) atoms. The minimum Gasteiger partial charge on any atom is -0.354 e.